The third-order valence-electron chi connectivity index (χ3n) is 2.14. The van der Waals surface area contributed by atoms with E-state index < -0.39 is 6.10 Å². The molecule has 0 saturated carbocycles. The van der Waals surface area contributed by atoms with Crippen LogP contribution in [-0.2, 0) is 4.79 Å². The Balaban J connectivity index is 3.50. The van der Waals surface area contributed by atoms with E-state index in [9.17, 15) is 9.90 Å². The van der Waals surface area contributed by atoms with Gasteiger partial charge in [-0.1, -0.05) is 33.6 Å². The number of ketones is 1. The summed E-state index contributed by atoms with van der Waals surface area (Å²) in [6, 6.07) is 0. The molecular weight excluding hydrogens is 164 g/mol. The van der Waals surface area contributed by atoms with Crippen molar-refractivity contribution in [2.24, 2.45) is 5.92 Å². The van der Waals surface area contributed by atoms with Gasteiger partial charge >= 0.3 is 0 Å². The summed E-state index contributed by atoms with van der Waals surface area (Å²) in [5.41, 5.74) is 0. The molecule has 0 spiro atoms. The Morgan fingerprint density at radius 3 is 2.38 bits per heavy atom. The smallest absolute Gasteiger partial charge is 0.161 e. The van der Waals surface area contributed by atoms with Crippen molar-refractivity contribution in [2.45, 2.75) is 59.0 Å². The first kappa shape index (κ1) is 12.6. The molecule has 0 heterocycles. The maximum Gasteiger partial charge on any atom is 0.161 e. The Kier molecular flexibility index (Phi) is 6.87. The highest BCUT2D eigenvalue weighted by atomic mass is 16.3. The van der Waals surface area contributed by atoms with E-state index in [0.717, 1.165) is 19.3 Å². The lowest BCUT2D eigenvalue weighted by atomic mass is 10.0. The number of carbonyl (C=O) groups excluding carboxylic acids is 1. The van der Waals surface area contributed by atoms with E-state index in [1.807, 2.05) is 6.92 Å². The van der Waals surface area contributed by atoms with Crippen molar-refractivity contribution >= 4 is 5.78 Å². The molecule has 0 aromatic rings. The third kappa shape index (κ3) is 6.76. The van der Waals surface area contributed by atoms with Gasteiger partial charge in [0.25, 0.3) is 0 Å². The van der Waals surface area contributed by atoms with Crippen LogP contribution in [0.5, 0.6) is 0 Å². The number of carbonyl (C=O) groups is 1. The first-order chi connectivity index (χ1) is 6.07. The monoisotopic (exact) mass is 186 g/mol. The molecule has 0 aliphatic carbocycles. The first-order valence-electron chi connectivity index (χ1n) is 5.28. The maximum atomic E-state index is 11.3. The highest BCUT2D eigenvalue weighted by molar-refractivity contribution is 5.82. The summed E-state index contributed by atoms with van der Waals surface area (Å²) in [7, 11) is 0. The Bertz CT molecular complexity index is 141. The standard InChI is InChI=1S/C11H22O2/c1-4-6-10(12)11(13)8-5-7-9(2)3/h9-10,12H,4-8H2,1-3H3. The van der Waals surface area contributed by atoms with Crippen molar-refractivity contribution in [2.75, 3.05) is 0 Å². The maximum absolute atomic E-state index is 11.3. The summed E-state index contributed by atoms with van der Waals surface area (Å²) in [4.78, 5) is 11.3. The van der Waals surface area contributed by atoms with Crippen LogP contribution < -0.4 is 0 Å². The van der Waals surface area contributed by atoms with Crippen molar-refractivity contribution in [3.05, 3.63) is 0 Å². The Labute approximate surface area is 81.3 Å². The molecule has 2 nitrogen and oxygen atoms in total. The average molecular weight is 186 g/mol. The zero-order chi connectivity index (χ0) is 10.3. The van der Waals surface area contributed by atoms with E-state index >= 15 is 0 Å². The third-order valence-corrected chi connectivity index (χ3v) is 2.14. The predicted molar refractivity (Wildman–Crippen MR) is 54.6 cm³/mol. The van der Waals surface area contributed by atoms with Gasteiger partial charge in [0.1, 0.15) is 6.10 Å². The summed E-state index contributed by atoms with van der Waals surface area (Å²) < 4.78 is 0. The molecule has 0 aliphatic heterocycles. The van der Waals surface area contributed by atoms with Gasteiger partial charge < -0.3 is 5.11 Å². The minimum Gasteiger partial charge on any atom is -0.385 e. The molecule has 0 fully saturated rings. The van der Waals surface area contributed by atoms with Gasteiger partial charge in [-0.3, -0.25) is 4.79 Å². The van der Waals surface area contributed by atoms with Crippen LogP contribution in [0, 0.1) is 5.92 Å². The van der Waals surface area contributed by atoms with Gasteiger partial charge in [0.15, 0.2) is 5.78 Å². The number of hydrogen-bond donors (Lipinski definition) is 1. The zero-order valence-corrected chi connectivity index (χ0v) is 9.05. The van der Waals surface area contributed by atoms with Crippen LogP contribution >= 0.6 is 0 Å². The van der Waals surface area contributed by atoms with Crippen molar-refractivity contribution in [3.8, 4) is 0 Å². The number of hydrogen-bond acceptors (Lipinski definition) is 2. The summed E-state index contributed by atoms with van der Waals surface area (Å²) in [5.74, 6) is 0.665. The second-order valence-corrected chi connectivity index (χ2v) is 4.06. The minimum absolute atomic E-state index is 0.0162. The van der Waals surface area contributed by atoms with Crippen LogP contribution in [0.3, 0.4) is 0 Å². The second kappa shape index (κ2) is 7.07. The minimum atomic E-state index is -0.711. The molecule has 2 heteroatoms. The summed E-state index contributed by atoms with van der Waals surface area (Å²) in [6.45, 7) is 6.27. The second-order valence-electron chi connectivity index (χ2n) is 4.06. The van der Waals surface area contributed by atoms with E-state index in [-0.39, 0.29) is 5.78 Å². The van der Waals surface area contributed by atoms with Crippen LogP contribution in [0.1, 0.15) is 52.9 Å². The molecule has 0 aromatic heterocycles. The number of aliphatic hydroxyl groups is 1. The molecule has 1 unspecified atom stereocenters. The number of Topliss-reactive ketones (excluding diaryl/α,β-unsaturated/α-hetero) is 1. The van der Waals surface area contributed by atoms with E-state index in [1.165, 1.54) is 0 Å². The van der Waals surface area contributed by atoms with Crippen molar-refractivity contribution in [1.29, 1.82) is 0 Å². The fourth-order valence-corrected chi connectivity index (χ4v) is 1.29. The molecule has 1 N–H and O–H groups in total. The molecule has 0 amide bonds. The van der Waals surface area contributed by atoms with Crippen LogP contribution in [0.15, 0.2) is 0 Å². The summed E-state index contributed by atoms with van der Waals surface area (Å²) in [6.07, 6.45) is 3.30. The molecular formula is C11H22O2. The summed E-state index contributed by atoms with van der Waals surface area (Å²) in [5, 5.41) is 9.33. The lowest BCUT2D eigenvalue weighted by molar-refractivity contribution is -0.127. The van der Waals surface area contributed by atoms with Gasteiger partial charge in [-0.05, 0) is 18.8 Å². The fourth-order valence-electron chi connectivity index (χ4n) is 1.29. The Morgan fingerprint density at radius 1 is 1.31 bits per heavy atom. The van der Waals surface area contributed by atoms with E-state index in [2.05, 4.69) is 13.8 Å². The van der Waals surface area contributed by atoms with Gasteiger partial charge in [0.05, 0.1) is 0 Å². The van der Waals surface area contributed by atoms with Gasteiger partial charge in [-0.15, -0.1) is 0 Å². The zero-order valence-electron chi connectivity index (χ0n) is 9.05. The van der Waals surface area contributed by atoms with E-state index in [1.54, 1.807) is 0 Å². The molecule has 0 saturated heterocycles. The van der Waals surface area contributed by atoms with Crippen molar-refractivity contribution in [3.63, 3.8) is 0 Å². The van der Waals surface area contributed by atoms with Crippen LogP contribution in [-0.4, -0.2) is 17.0 Å². The van der Waals surface area contributed by atoms with Crippen LogP contribution in [0.25, 0.3) is 0 Å². The highest BCUT2D eigenvalue weighted by Gasteiger charge is 2.12. The summed E-state index contributed by atoms with van der Waals surface area (Å²) >= 11 is 0. The molecule has 0 bridgehead atoms. The Morgan fingerprint density at radius 2 is 1.92 bits per heavy atom. The number of aliphatic hydroxyl groups excluding tert-OH is 1. The van der Waals surface area contributed by atoms with Gasteiger partial charge in [0.2, 0.25) is 0 Å². The van der Waals surface area contributed by atoms with Crippen molar-refractivity contribution in [1.82, 2.24) is 0 Å². The first-order valence-corrected chi connectivity index (χ1v) is 5.28. The van der Waals surface area contributed by atoms with E-state index in [4.69, 9.17) is 0 Å². The lowest BCUT2D eigenvalue weighted by Crippen LogP contribution is -2.19. The largest absolute Gasteiger partial charge is 0.385 e. The van der Waals surface area contributed by atoms with Gasteiger partial charge in [-0.2, -0.15) is 0 Å². The number of rotatable bonds is 7. The molecule has 0 aromatic carbocycles. The van der Waals surface area contributed by atoms with Gasteiger partial charge in [-0.25, -0.2) is 0 Å². The predicted octanol–water partition coefficient (Wildman–Crippen LogP) is 2.54. The van der Waals surface area contributed by atoms with Crippen molar-refractivity contribution < 1.29 is 9.90 Å². The Hall–Kier alpha value is -0.370. The molecule has 0 rings (SSSR count). The van der Waals surface area contributed by atoms with Crippen LogP contribution in [0.2, 0.25) is 0 Å². The molecule has 0 aliphatic rings. The topological polar surface area (TPSA) is 37.3 Å². The molecule has 0 radical (unpaired) electrons. The SMILES string of the molecule is CCCC(O)C(=O)CCCC(C)C. The molecule has 13 heavy (non-hydrogen) atoms. The quantitative estimate of drug-likeness (QED) is 0.663. The normalized spacial score (nSPS) is 13.3. The lowest BCUT2D eigenvalue weighted by Gasteiger charge is -2.08. The molecule has 1 atom stereocenters. The fraction of sp³-hybridized carbons (Fsp3) is 0.909. The van der Waals surface area contributed by atoms with Crippen LogP contribution in [0.4, 0.5) is 0 Å². The highest BCUT2D eigenvalue weighted by Crippen LogP contribution is 2.09. The molecule has 78 valence electrons. The average Bonchev–Trinajstić information content (AvgIpc) is 2.04. The van der Waals surface area contributed by atoms with Gasteiger partial charge in [0, 0.05) is 6.42 Å². The van der Waals surface area contributed by atoms with E-state index in [0.29, 0.717) is 18.8 Å².